The topological polar surface area (TPSA) is 98.3 Å². The fourth-order valence-corrected chi connectivity index (χ4v) is 2.67. The zero-order valence-corrected chi connectivity index (χ0v) is 11.6. The minimum absolute atomic E-state index is 0.0924. The summed E-state index contributed by atoms with van der Waals surface area (Å²) >= 11 is 0. The highest BCUT2D eigenvalue weighted by Crippen LogP contribution is 2.29. The van der Waals surface area contributed by atoms with Crippen LogP contribution in [-0.2, 0) is 4.79 Å². The van der Waals surface area contributed by atoms with Crippen molar-refractivity contribution in [3.63, 3.8) is 0 Å². The molecule has 0 heterocycles. The van der Waals surface area contributed by atoms with Crippen LogP contribution in [0.4, 0.5) is 15.8 Å². The van der Waals surface area contributed by atoms with E-state index in [-0.39, 0.29) is 17.8 Å². The summed E-state index contributed by atoms with van der Waals surface area (Å²) in [5, 5.41) is 13.0. The number of rotatable bonds is 4. The number of halogens is 1. The van der Waals surface area contributed by atoms with Gasteiger partial charge in [0.25, 0.3) is 5.69 Å². The lowest BCUT2D eigenvalue weighted by Gasteiger charge is -2.32. The number of non-ortho nitro benzene ring substituents is 1. The van der Waals surface area contributed by atoms with E-state index < -0.39 is 22.2 Å². The number of anilines is 1. The zero-order valence-electron chi connectivity index (χ0n) is 11.6. The van der Waals surface area contributed by atoms with Crippen LogP contribution >= 0.6 is 0 Å². The van der Waals surface area contributed by atoms with Crippen LogP contribution in [0.15, 0.2) is 18.2 Å². The van der Waals surface area contributed by atoms with Crippen molar-refractivity contribution in [2.45, 2.75) is 44.1 Å². The van der Waals surface area contributed by atoms with Gasteiger partial charge in [0.2, 0.25) is 5.91 Å². The van der Waals surface area contributed by atoms with Gasteiger partial charge < -0.3 is 11.1 Å². The number of nitrogens with two attached hydrogens (primary N) is 1. The van der Waals surface area contributed by atoms with E-state index in [0.717, 1.165) is 50.3 Å². The summed E-state index contributed by atoms with van der Waals surface area (Å²) in [4.78, 5) is 22.0. The standard InChI is InChI=1S/C14H18FN3O3/c15-11-5-4-10(18(20)21)8-12(11)17-13(19)9-14(16)6-2-1-3-7-14/h4-5,8H,1-3,6-7,9,16H2,(H,17,19). The van der Waals surface area contributed by atoms with Crippen molar-refractivity contribution in [1.29, 1.82) is 0 Å². The number of benzene rings is 1. The fraction of sp³-hybridized carbons (Fsp3) is 0.500. The van der Waals surface area contributed by atoms with Crippen LogP contribution in [0.25, 0.3) is 0 Å². The van der Waals surface area contributed by atoms with Gasteiger partial charge in [-0.15, -0.1) is 0 Å². The molecule has 1 aliphatic carbocycles. The number of nitro groups is 1. The first-order chi connectivity index (χ1) is 9.89. The molecule has 1 amide bonds. The maximum atomic E-state index is 13.6. The second-order valence-corrected chi connectivity index (χ2v) is 5.57. The maximum absolute atomic E-state index is 13.6. The van der Waals surface area contributed by atoms with Crippen molar-refractivity contribution in [2.24, 2.45) is 5.73 Å². The Balaban J connectivity index is 2.05. The predicted octanol–water partition coefficient (Wildman–Crippen LogP) is 2.72. The van der Waals surface area contributed by atoms with E-state index in [1.807, 2.05) is 0 Å². The Morgan fingerprint density at radius 2 is 2.05 bits per heavy atom. The van der Waals surface area contributed by atoms with Crippen molar-refractivity contribution in [3.8, 4) is 0 Å². The number of nitrogens with zero attached hydrogens (tertiary/aromatic N) is 1. The molecule has 2 rings (SSSR count). The van der Waals surface area contributed by atoms with E-state index in [0.29, 0.717) is 0 Å². The highest BCUT2D eigenvalue weighted by Gasteiger charge is 2.30. The molecule has 21 heavy (non-hydrogen) atoms. The normalized spacial score (nSPS) is 17.2. The van der Waals surface area contributed by atoms with Gasteiger partial charge in [-0.3, -0.25) is 14.9 Å². The molecule has 114 valence electrons. The summed E-state index contributed by atoms with van der Waals surface area (Å²) in [7, 11) is 0. The average Bonchev–Trinajstić information content (AvgIpc) is 2.41. The van der Waals surface area contributed by atoms with Gasteiger partial charge in [0, 0.05) is 24.1 Å². The fourth-order valence-electron chi connectivity index (χ4n) is 2.67. The number of amides is 1. The van der Waals surface area contributed by atoms with E-state index in [4.69, 9.17) is 5.73 Å². The molecule has 0 radical (unpaired) electrons. The van der Waals surface area contributed by atoms with Crippen LogP contribution in [-0.4, -0.2) is 16.4 Å². The molecule has 0 aliphatic heterocycles. The van der Waals surface area contributed by atoms with E-state index in [1.165, 1.54) is 0 Å². The highest BCUT2D eigenvalue weighted by atomic mass is 19.1. The van der Waals surface area contributed by atoms with Gasteiger partial charge in [-0.25, -0.2) is 4.39 Å². The van der Waals surface area contributed by atoms with Crippen LogP contribution < -0.4 is 11.1 Å². The van der Waals surface area contributed by atoms with Crippen LogP contribution in [0.1, 0.15) is 38.5 Å². The lowest BCUT2D eigenvalue weighted by Crippen LogP contribution is -2.44. The molecule has 1 aromatic rings. The molecule has 3 N–H and O–H groups in total. The third-order valence-electron chi connectivity index (χ3n) is 3.80. The Morgan fingerprint density at radius 1 is 1.38 bits per heavy atom. The van der Waals surface area contributed by atoms with Crippen LogP contribution in [0.3, 0.4) is 0 Å². The molecular weight excluding hydrogens is 277 g/mol. The predicted molar refractivity (Wildman–Crippen MR) is 76.3 cm³/mol. The lowest BCUT2D eigenvalue weighted by atomic mass is 9.80. The maximum Gasteiger partial charge on any atom is 0.271 e. The molecule has 1 saturated carbocycles. The van der Waals surface area contributed by atoms with E-state index >= 15 is 0 Å². The van der Waals surface area contributed by atoms with E-state index in [2.05, 4.69) is 5.32 Å². The number of nitro benzene ring substituents is 1. The first-order valence-electron chi connectivity index (χ1n) is 6.92. The zero-order chi connectivity index (χ0) is 15.5. The molecule has 0 spiro atoms. The lowest BCUT2D eigenvalue weighted by molar-refractivity contribution is -0.384. The van der Waals surface area contributed by atoms with Gasteiger partial charge in [0.1, 0.15) is 5.82 Å². The van der Waals surface area contributed by atoms with Crippen molar-refractivity contribution in [3.05, 3.63) is 34.1 Å². The molecule has 6 nitrogen and oxygen atoms in total. The number of carbonyl (C=O) groups excluding carboxylic acids is 1. The Labute approximate surface area is 121 Å². The van der Waals surface area contributed by atoms with Crippen molar-refractivity contribution in [1.82, 2.24) is 0 Å². The van der Waals surface area contributed by atoms with Gasteiger partial charge in [-0.05, 0) is 18.9 Å². The number of hydrogen-bond donors (Lipinski definition) is 2. The average molecular weight is 295 g/mol. The number of hydrogen-bond acceptors (Lipinski definition) is 4. The monoisotopic (exact) mass is 295 g/mol. The van der Waals surface area contributed by atoms with Crippen LogP contribution in [0.2, 0.25) is 0 Å². The van der Waals surface area contributed by atoms with Crippen LogP contribution in [0.5, 0.6) is 0 Å². The van der Waals surface area contributed by atoms with Gasteiger partial charge in [0.05, 0.1) is 10.6 Å². The summed E-state index contributed by atoms with van der Waals surface area (Å²) in [6.45, 7) is 0. The molecule has 0 saturated heterocycles. The molecule has 0 bridgehead atoms. The minimum Gasteiger partial charge on any atom is -0.325 e. The number of nitrogens with one attached hydrogen (secondary N) is 1. The Kier molecular flexibility index (Phi) is 4.52. The van der Waals surface area contributed by atoms with Crippen LogP contribution in [0, 0.1) is 15.9 Å². The molecule has 0 aromatic heterocycles. The summed E-state index contributed by atoms with van der Waals surface area (Å²) in [5.74, 6) is -1.12. The Bertz CT molecular complexity index is 556. The summed E-state index contributed by atoms with van der Waals surface area (Å²) in [6.07, 6.45) is 4.69. The van der Waals surface area contributed by atoms with Gasteiger partial charge in [0.15, 0.2) is 0 Å². The quantitative estimate of drug-likeness (QED) is 0.659. The molecule has 7 heteroatoms. The van der Waals surface area contributed by atoms with E-state index in [9.17, 15) is 19.3 Å². The molecule has 0 atom stereocenters. The second-order valence-electron chi connectivity index (χ2n) is 5.57. The van der Waals surface area contributed by atoms with Gasteiger partial charge in [-0.1, -0.05) is 19.3 Å². The smallest absolute Gasteiger partial charge is 0.271 e. The van der Waals surface area contributed by atoms with Crippen molar-refractivity contribution < 1.29 is 14.1 Å². The molecule has 1 aromatic carbocycles. The summed E-state index contributed by atoms with van der Waals surface area (Å²) < 4.78 is 13.6. The van der Waals surface area contributed by atoms with Gasteiger partial charge >= 0.3 is 0 Å². The minimum atomic E-state index is -0.705. The second kappa shape index (κ2) is 6.17. The molecule has 1 fully saturated rings. The van der Waals surface area contributed by atoms with Crippen molar-refractivity contribution in [2.75, 3.05) is 5.32 Å². The molecule has 1 aliphatic rings. The summed E-state index contributed by atoms with van der Waals surface area (Å²) in [6, 6.07) is 3.03. The Hall–Kier alpha value is -2.02. The summed E-state index contributed by atoms with van der Waals surface area (Å²) in [5.41, 5.74) is 5.15. The molecular formula is C14H18FN3O3. The molecule has 0 unspecified atom stereocenters. The van der Waals surface area contributed by atoms with Crippen molar-refractivity contribution >= 4 is 17.3 Å². The largest absolute Gasteiger partial charge is 0.325 e. The third kappa shape index (κ3) is 3.98. The first-order valence-corrected chi connectivity index (χ1v) is 6.92. The van der Waals surface area contributed by atoms with Gasteiger partial charge in [-0.2, -0.15) is 0 Å². The first kappa shape index (κ1) is 15.4. The highest BCUT2D eigenvalue weighted by molar-refractivity contribution is 5.92. The SMILES string of the molecule is NC1(CC(=O)Nc2cc([N+](=O)[O-])ccc2F)CCCCC1. The number of carbonyl (C=O) groups is 1. The Morgan fingerprint density at radius 3 is 2.67 bits per heavy atom. The van der Waals surface area contributed by atoms with E-state index in [1.54, 1.807) is 0 Å². The third-order valence-corrected chi connectivity index (χ3v) is 3.80.